The van der Waals surface area contributed by atoms with Gasteiger partial charge in [-0.05, 0) is 48.9 Å². The highest BCUT2D eigenvalue weighted by molar-refractivity contribution is 9.10. The highest BCUT2D eigenvalue weighted by atomic mass is 79.9. The lowest BCUT2D eigenvalue weighted by molar-refractivity contribution is -0.131. The molecule has 3 aromatic rings. The molecule has 31 heavy (non-hydrogen) atoms. The van der Waals surface area contributed by atoms with Crippen LogP contribution in [0, 0.1) is 0 Å². The van der Waals surface area contributed by atoms with Crippen LogP contribution in [-0.4, -0.2) is 40.2 Å². The number of benzene rings is 2. The van der Waals surface area contributed by atoms with E-state index in [-0.39, 0.29) is 12.4 Å². The number of nitrogens with zero attached hydrogens (tertiary/aromatic N) is 3. The molecule has 3 amide bonds. The molecule has 2 aliphatic rings. The van der Waals surface area contributed by atoms with Gasteiger partial charge in [0.15, 0.2) is 11.5 Å². The fraction of sp³-hybridized carbons (Fsp3) is 0.238. The Morgan fingerprint density at radius 1 is 1.06 bits per heavy atom. The average molecular weight is 485 g/mol. The van der Waals surface area contributed by atoms with Crippen molar-refractivity contribution in [3.63, 3.8) is 0 Å². The van der Waals surface area contributed by atoms with Gasteiger partial charge in [-0.2, -0.15) is 0 Å². The average Bonchev–Trinajstić information content (AvgIpc) is 3.33. The lowest BCUT2D eigenvalue weighted by Crippen LogP contribution is -2.41. The van der Waals surface area contributed by atoms with Crippen LogP contribution >= 0.6 is 15.9 Å². The molecule has 0 bridgehead atoms. The number of ether oxygens (including phenoxy) is 2. The van der Waals surface area contributed by atoms with Crippen molar-refractivity contribution in [3.8, 4) is 23.0 Å². The number of aromatic nitrogens is 2. The predicted molar refractivity (Wildman–Crippen MR) is 111 cm³/mol. The van der Waals surface area contributed by atoms with E-state index >= 15 is 0 Å². The molecule has 0 spiro atoms. The van der Waals surface area contributed by atoms with Crippen molar-refractivity contribution in [2.45, 2.75) is 19.0 Å². The molecule has 1 atom stereocenters. The Bertz CT molecular complexity index is 1180. The highest BCUT2D eigenvalue weighted by Crippen LogP contribution is 2.37. The maximum atomic E-state index is 13.2. The largest absolute Gasteiger partial charge is 0.486 e. The Labute approximate surface area is 185 Å². The number of halogens is 1. The van der Waals surface area contributed by atoms with Crippen molar-refractivity contribution in [1.82, 2.24) is 20.4 Å². The molecule has 9 nitrogen and oxygen atoms in total. The molecular weight excluding hydrogens is 468 g/mol. The van der Waals surface area contributed by atoms with Crippen LogP contribution in [0.25, 0.3) is 11.5 Å². The molecule has 1 aromatic heterocycles. The topological polar surface area (TPSA) is 107 Å². The van der Waals surface area contributed by atoms with Crippen LogP contribution < -0.4 is 14.8 Å². The second kappa shape index (κ2) is 7.38. The van der Waals surface area contributed by atoms with Crippen LogP contribution in [0.2, 0.25) is 0 Å². The summed E-state index contributed by atoms with van der Waals surface area (Å²) in [6.07, 6.45) is 0. The van der Waals surface area contributed by atoms with E-state index in [1.54, 1.807) is 25.1 Å². The number of nitrogens with one attached hydrogen (secondary N) is 1. The van der Waals surface area contributed by atoms with Crippen LogP contribution in [0.3, 0.4) is 0 Å². The molecule has 1 N–H and O–H groups in total. The summed E-state index contributed by atoms with van der Waals surface area (Å²) in [4.78, 5) is 26.9. The first-order chi connectivity index (χ1) is 14.9. The summed E-state index contributed by atoms with van der Waals surface area (Å²) in [5.41, 5.74) is 0.0838. The van der Waals surface area contributed by atoms with Crippen molar-refractivity contribution in [2.24, 2.45) is 0 Å². The smallest absolute Gasteiger partial charge is 0.325 e. The molecule has 3 heterocycles. The van der Waals surface area contributed by atoms with E-state index in [1.165, 1.54) is 0 Å². The third kappa shape index (κ3) is 3.42. The van der Waals surface area contributed by atoms with Gasteiger partial charge in [0.1, 0.15) is 25.3 Å². The van der Waals surface area contributed by atoms with E-state index in [0.29, 0.717) is 36.2 Å². The van der Waals surface area contributed by atoms with Crippen LogP contribution in [0.1, 0.15) is 18.4 Å². The molecule has 2 aliphatic heterocycles. The molecule has 10 heteroatoms. The van der Waals surface area contributed by atoms with Crippen molar-refractivity contribution in [2.75, 3.05) is 13.2 Å². The number of urea groups is 1. The van der Waals surface area contributed by atoms with Crippen molar-refractivity contribution in [3.05, 3.63) is 58.4 Å². The Morgan fingerprint density at radius 2 is 1.81 bits per heavy atom. The molecule has 158 valence electrons. The highest BCUT2D eigenvalue weighted by Gasteiger charge is 2.49. The van der Waals surface area contributed by atoms with Gasteiger partial charge in [-0.15, -0.1) is 10.2 Å². The Balaban J connectivity index is 1.37. The second-order valence-corrected chi connectivity index (χ2v) is 8.23. The maximum absolute atomic E-state index is 13.2. The number of carbonyl (C=O) groups excluding carboxylic acids is 2. The lowest BCUT2D eigenvalue weighted by Gasteiger charge is -2.25. The molecule has 0 radical (unpaired) electrons. The predicted octanol–water partition coefficient (Wildman–Crippen LogP) is 3.24. The number of amides is 3. The van der Waals surface area contributed by atoms with Crippen molar-refractivity contribution < 1.29 is 23.5 Å². The molecule has 2 aromatic carbocycles. The normalized spacial score (nSPS) is 20.1. The summed E-state index contributed by atoms with van der Waals surface area (Å²) in [5, 5.41) is 10.8. The van der Waals surface area contributed by atoms with Gasteiger partial charge in [0.2, 0.25) is 11.8 Å². The Hall–Kier alpha value is -3.40. The Kier molecular flexibility index (Phi) is 4.66. The number of rotatable bonds is 4. The van der Waals surface area contributed by atoms with E-state index < -0.39 is 17.5 Å². The van der Waals surface area contributed by atoms with E-state index in [4.69, 9.17) is 13.9 Å². The van der Waals surface area contributed by atoms with Gasteiger partial charge < -0.3 is 19.2 Å². The number of hydrogen-bond acceptors (Lipinski definition) is 7. The minimum absolute atomic E-state index is 0.131. The molecule has 5 rings (SSSR count). The molecule has 1 fully saturated rings. The van der Waals surface area contributed by atoms with Crippen LogP contribution in [0.5, 0.6) is 11.5 Å². The molecule has 0 saturated carbocycles. The zero-order valence-electron chi connectivity index (χ0n) is 16.4. The standard InChI is InChI=1S/C21H17BrN4O5/c1-21(13-4-7-15-16(10-13)30-9-8-29-15)19(27)26(20(28)23-21)11-17-24-25-18(31-17)12-2-5-14(22)6-3-12/h2-7,10H,8-9,11H2,1H3,(H,23,28). The second-order valence-electron chi connectivity index (χ2n) is 7.31. The quantitative estimate of drug-likeness (QED) is 0.566. The van der Waals surface area contributed by atoms with Crippen molar-refractivity contribution in [1.29, 1.82) is 0 Å². The first-order valence-electron chi connectivity index (χ1n) is 9.56. The lowest BCUT2D eigenvalue weighted by atomic mass is 9.91. The van der Waals surface area contributed by atoms with Crippen LogP contribution in [-0.2, 0) is 16.9 Å². The van der Waals surface area contributed by atoms with Gasteiger partial charge in [0.25, 0.3) is 5.91 Å². The number of fused-ring (bicyclic) bond motifs is 1. The Morgan fingerprint density at radius 3 is 2.58 bits per heavy atom. The molecule has 1 unspecified atom stereocenters. The van der Waals surface area contributed by atoms with Crippen LogP contribution in [0.4, 0.5) is 4.79 Å². The van der Waals surface area contributed by atoms with Crippen molar-refractivity contribution >= 4 is 27.9 Å². The molecule has 1 saturated heterocycles. The third-order valence-corrected chi connectivity index (χ3v) is 5.77. The summed E-state index contributed by atoms with van der Waals surface area (Å²) >= 11 is 3.37. The summed E-state index contributed by atoms with van der Waals surface area (Å²) in [6.45, 7) is 2.42. The van der Waals surface area contributed by atoms with E-state index in [1.807, 2.05) is 24.3 Å². The fourth-order valence-corrected chi connectivity index (χ4v) is 3.82. The van der Waals surface area contributed by atoms with E-state index in [9.17, 15) is 9.59 Å². The monoisotopic (exact) mass is 484 g/mol. The molecular formula is C21H17BrN4O5. The first kappa shape index (κ1) is 19.6. The first-order valence-corrected chi connectivity index (χ1v) is 10.4. The van der Waals surface area contributed by atoms with Gasteiger partial charge in [0.05, 0.1) is 0 Å². The molecule has 0 aliphatic carbocycles. The summed E-state index contributed by atoms with van der Waals surface area (Å²) < 4.78 is 17.7. The minimum Gasteiger partial charge on any atom is -0.486 e. The number of carbonyl (C=O) groups is 2. The van der Waals surface area contributed by atoms with E-state index in [0.717, 1.165) is 14.9 Å². The summed E-state index contributed by atoms with van der Waals surface area (Å²) in [5.74, 6) is 1.20. The zero-order valence-corrected chi connectivity index (χ0v) is 18.0. The maximum Gasteiger partial charge on any atom is 0.325 e. The third-order valence-electron chi connectivity index (χ3n) is 5.25. The summed E-state index contributed by atoms with van der Waals surface area (Å²) in [7, 11) is 0. The van der Waals surface area contributed by atoms with Gasteiger partial charge in [-0.1, -0.05) is 22.0 Å². The van der Waals surface area contributed by atoms with Gasteiger partial charge in [-0.3, -0.25) is 9.69 Å². The van der Waals surface area contributed by atoms with Gasteiger partial charge in [-0.25, -0.2) is 4.79 Å². The van der Waals surface area contributed by atoms with Crippen LogP contribution in [0.15, 0.2) is 51.4 Å². The SMILES string of the molecule is CC1(c2ccc3c(c2)OCCO3)NC(=O)N(Cc2nnc(-c3ccc(Br)cc3)o2)C1=O. The fourth-order valence-electron chi connectivity index (χ4n) is 3.55. The van der Waals surface area contributed by atoms with Gasteiger partial charge in [0, 0.05) is 10.0 Å². The number of imide groups is 1. The zero-order chi connectivity index (χ0) is 21.6. The number of hydrogen-bond donors (Lipinski definition) is 1. The van der Waals surface area contributed by atoms with E-state index in [2.05, 4.69) is 31.4 Å². The van der Waals surface area contributed by atoms with Gasteiger partial charge >= 0.3 is 6.03 Å². The minimum atomic E-state index is -1.25. The summed E-state index contributed by atoms with van der Waals surface area (Å²) in [6, 6.07) is 12.0.